The number of alkyl halides is 1. The molecule has 1 aliphatic rings. The van der Waals surface area contributed by atoms with E-state index in [-0.39, 0.29) is 12.1 Å². The molecule has 0 radical (unpaired) electrons. The molecule has 0 N–H and O–H groups in total. The van der Waals surface area contributed by atoms with E-state index in [1.165, 1.54) is 5.57 Å². The van der Waals surface area contributed by atoms with Gasteiger partial charge in [0.05, 0.1) is 30.6 Å². The lowest BCUT2D eigenvalue weighted by Crippen LogP contribution is -2.32. The molecule has 2 heterocycles. The van der Waals surface area contributed by atoms with E-state index in [1.54, 1.807) is 17.5 Å². The van der Waals surface area contributed by atoms with Crippen molar-refractivity contribution >= 4 is 28.9 Å². The SMILES string of the molecule is C/C=C\C(=C/C)CCl.C=CN1C(C(CC)OCc2ccsc2)=C(C)C(C(=O)OCCC)=C/C1=C/C. The van der Waals surface area contributed by atoms with Crippen molar-refractivity contribution in [2.75, 3.05) is 12.5 Å². The van der Waals surface area contributed by atoms with Crippen molar-refractivity contribution in [1.29, 1.82) is 0 Å². The molecular weight excluding hydrogens is 478 g/mol. The second kappa shape index (κ2) is 17.1. The summed E-state index contributed by atoms with van der Waals surface area (Å²) in [6.45, 7) is 16.9. The molecule has 2 rings (SSSR count). The molecule has 0 aliphatic carbocycles. The highest BCUT2D eigenvalue weighted by Gasteiger charge is 2.30. The van der Waals surface area contributed by atoms with E-state index >= 15 is 0 Å². The number of esters is 1. The summed E-state index contributed by atoms with van der Waals surface area (Å²) in [5.41, 5.74) is 5.63. The first-order valence-electron chi connectivity index (χ1n) is 12.1. The Morgan fingerprint density at radius 3 is 2.49 bits per heavy atom. The topological polar surface area (TPSA) is 38.8 Å². The molecular formula is C29H40ClNO3S. The Morgan fingerprint density at radius 2 is 2.03 bits per heavy atom. The molecule has 0 saturated heterocycles. The fourth-order valence-electron chi connectivity index (χ4n) is 3.48. The van der Waals surface area contributed by atoms with E-state index in [0.717, 1.165) is 35.4 Å². The van der Waals surface area contributed by atoms with Crippen molar-refractivity contribution in [3.8, 4) is 0 Å². The van der Waals surface area contributed by atoms with Crippen LogP contribution >= 0.6 is 22.9 Å². The number of nitrogens with zero attached hydrogens (tertiary/aromatic N) is 1. The molecule has 0 saturated carbocycles. The number of hydrogen-bond acceptors (Lipinski definition) is 5. The number of hydrogen-bond donors (Lipinski definition) is 0. The van der Waals surface area contributed by atoms with Crippen LogP contribution in [0.25, 0.3) is 0 Å². The maximum atomic E-state index is 12.6. The quantitative estimate of drug-likeness (QED) is 0.168. The molecule has 1 unspecified atom stereocenters. The second-order valence-electron chi connectivity index (χ2n) is 7.81. The van der Waals surface area contributed by atoms with E-state index < -0.39 is 0 Å². The molecule has 0 bridgehead atoms. The average molecular weight is 518 g/mol. The van der Waals surface area contributed by atoms with Gasteiger partial charge in [0.1, 0.15) is 0 Å². The Balaban J connectivity index is 0.000000658. The Morgan fingerprint density at radius 1 is 1.29 bits per heavy atom. The number of carbonyl (C=O) groups excluding carboxylic acids is 1. The smallest absolute Gasteiger partial charge is 0.338 e. The summed E-state index contributed by atoms with van der Waals surface area (Å²) < 4.78 is 11.6. The monoisotopic (exact) mass is 517 g/mol. The van der Waals surface area contributed by atoms with Crippen molar-refractivity contribution in [2.24, 2.45) is 0 Å². The molecule has 192 valence electrons. The van der Waals surface area contributed by atoms with Gasteiger partial charge in [-0.3, -0.25) is 0 Å². The minimum Gasteiger partial charge on any atom is -0.462 e. The minimum absolute atomic E-state index is 0.152. The van der Waals surface area contributed by atoms with Crippen molar-refractivity contribution in [1.82, 2.24) is 4.90 Å². The summed E-state index contributed by atoms with van der Waals surface area (Å²) in [6.07, 6.45) is 13.0. The first-order valence-corrected chi connectivity index (χ1v) is 13.5. The van der Waals surface area contributed by atoms with E-state index in [2.05, 4.69) is 24.9 Å². The zero-order valence-electron chi connectivity index (χ0n) is 22.0. The Hall–Kier alpha value is -2.34. The first-order chi connectivity index (χ1) is 16.9. The van der Waals surface area contributed by atoms with E-state index in [0.29, 0.717) is 24.7 Å². The molecule has 1 aliphatic heterocycles. The third-order valence-electron chi connectivity index (χ3n) is 5.37. The standard InChI is InChI=1S/C22H29NO3S.C7H11Cl/c1-6-11-25-22(24)19-13-18(7-2)23(9-4)21(16(19)5)20(8-3)26-14-17-10-12-27-15-17;1-3-5-7(4-2)6-8/h7,9-10,12-13,15,20H,4,6,8,11,14H2,1-3,5H3;3-5H,6H2,1-2H3/b18-7-;5-3-,7-4+. The van der Waals surface area contributed by atoms with E-state index in [1.807, 2.05) is 75.3 Å². The van der Waals surface area contributed by atoms with Crippen LogP contribution < -0.4 is 0 Å². The van der Waals surface area contributed by atoms with Crippen LogP contribution in [-0.2, 0) is 20.9 Å². The van der Waals surface area contributed by atoms with Crippen LogP contribution in [0.5, 0.6) is 0 Å². The predicted molar refractivity (Wildman–Crippen MR) is 150 cm³/mol. The van der Waals surface area contributed by atoms with Crippen LogP contribution in [0.15, 0.2) is 88.1 Å². The highest BCUT2D eigenvalue weighted by Crippen LogP contribution is 2.34. The van der Waals surface area contributed by atoms with Crippen LogP contribution in [0.4, 0.5) is 0 Å². The molecule has 1 atom stereocenters. The minimum atomic E-state index is -0.289. The number of thiophene rings is 1. The number of halogens is 1. The fourth-order valence-corrected chi connectivity index (χ4v) is 4.38. The van der Waals surface area contributed by atoms with Gasteiger partial charge < -0.3 is 14.4 Å². The number of carbonyl (C=O) groups is 1. The van der Waals surface area contributed by atoms with Gasteiger partial charge in [-0.25, -0.2) is 4.79 Å². The number of ether oxygens (including phenoxy) is 2. The maximum absolute atomic E-state index is 12.6. The molecule has 35 heavy (non-hydrogen) atoms. The molecule has 0 amide bonds. The number of allylic oxidation sites excluding steroid dienone is 6. The molecule has 0 aromatic carbocycles. The average Bonchev–Trinajstić information content (AvgIpc) is 3.40. The van der Waals surface area contributed by atoms with Crippen molar-refractivity contribution in [3.63, 3.8) is 0 Å². The van der Waals surface area contributed by atoms with Crippen LogP contribution in [0.1, 0.15) is 59.9 Å². The highest BCUT2D eigenvalue weighted by molar-refractivity contribution is 7.07. The van der Waals surface area contributed by atoms with Crippen molar-refractivity contribution in [2.45, 2.75) is 67.1 Å². The molecule has 4 nitrogen and oxygen atoms in total. The Bertz CT molecular complexity index is 952. The van der Waals surface area contributed by atoms with Gasteiger partial charge in [-0.2, -0.15) is 11.3 Å². The maximum Gasteiger partial charge on any atom is 0.338 e. The van der Waals surface area contributed by atoms with Crippen LogP contribution in [0, 0.1) is 0 Å². The normalized spacial score (nSPS) is 16.2. The van der Waals surface area contributed by atoms with Gasteiger partial charge >= 0.3 is 5.97 Å². The van der Waals surface area contributed by atoms with Gasteiger partial charge in [0.25, 0.3) is 0 Å². The Labute approximate surface area is 221 Å². The lowest BCUT2D eigenvalue weighted by atomic mass is 9.95. The Kier molecular flexibility index (Phi) is 15.0. The van der Waals surface area contributed by atoms with Gasteiger partial charge in [-0.15, -0.1) is 11.6 Å². The van der Waals surface area contributed by atoms with Crippen LogP contribution in [0.2, 0.25) is 0 Å². The summed E-state index contributed by atoms with van der Waals surface area (Å²) in [6, 6.07) is 2.07. The molecule has 1 aromatic heterocycles. The molecule has 0 spiro atoms. The van der Waals surface area contributed by atoms with E-state index in [4.69, 9.17) is 21.1 Å². The largest absolute Gasteiger partial charge is 0.462 e. The zero-order valence-corrected chi connectivity index (χ0v) is 23.5. The van der Waals surface area contributed by atoms with Gasteiger partial charge in [0.15, 0.2) is 0 Å². The zero-order chi connectivity index (χ0) is 26.2. The predicted octanol–water partition coefficient (Wildman–Crippen LogP) is 8.31. The highest BCUT2D eigenvalue weighted by atomic mass is 35.5. The summed E-state index contributed by atoms with van der Waals surface area (Å²) in [5, 5.41) is 4.13. The van der Waals surface area contributed by atoms with Crippen molar-refractivity contribution < 1.29 is 14.3 Å². The summed E-state index contributed by atoms with van der Waals surface area (Å²) in [4.78, 5) is 14.6. The molecule has 0 fully saturated rings. The molecule has 1 aromatic rings. The second-order valence-corrected chi connectivity index (χ2v) is 8.85. The first kappa shape index (κ1) is 30.7. The fraction of sp³-hybridized carbons (Fsp3) is 0.414. The van der Waals surface area contributed by atoms with Gasteiger partial charge in [-0.05, 0) is 80.1 Å². The lowest BCUT2D eigenvalue weighted by Gasteiger charge is -2.35. The van der Waals surface area contributed by atoms with Gasteiger partial charge in [-0.1, -0.05) is 44.7 Å². The third kappa shape index (κ3) is 9.32. The van der Waals surface area contributed by atoms with Crippen molar-refractivity contribution in [3.05, 3.63) is 93.7 Å². The summed E-state index contributed by atoms with van der Waals surface area (Å²) >= 11 is 7.18. The van der Waals surface area contributed by atoms with Gasteiger partial charge in [0, 0.05) is 17.8 Å². The summed E-state index contributed by atoms with van der Waals surface area (Å²) in [7, 11) is 0. The third-order valence-corrected chi connectivity index (χ3v) is 6.41. The van der Waals surface area contributed by atoms with Gasteiger partial charge in [0.2, 0.25) is 0 Å². The van der Waals surface area contributed by atoms with Crippen LogP contribution in [-0.4, -0.2) is 29.5 Å². The van der Waals surface area contributed by atoms with Crippen LogP contribution in [0.3, 0.4) is 0 Å². The number of rotatable bonds is 11. The lowest BCUT2D eigenvalue weighted by molar-refractivity contribution is -0.138. The summed E-state index contributed by atoms with van der Waals surface area (Å²) in [5.74, 6) is 0.323. The molecule has 6 heteroatoms. The van der Waals surface area contributed by atoms with E-state index in [9.17, 15) is 4.79 Å².